The van der Waals surface area contributed by atoms with Crippen LogP contribution in [0.1, 0.15) is 12.8 Å². The van der Waals surface area contributed by atoms with Gasteiger partial charge in [0.05, 0.1) is 0 Å². The van der Waals surface area contributed by atoms with E-state index in [4.69, 9.17) is 0 Å². The van der Waals surface area contributed by atoms with Crippen LogP contribution in [-0.2, 0) is 9.59 Å². The molecule has 0 spiro atoms. The molecule has 20 heavy (non-hydrogen) atoms. The van der Waals surface area contributed by atoms with Gasteiger partial charge in [0, 0.05) is 19.9 Å². The third-order valence-electron chi connectivity index (χ3n) is 3.96. The Morgan fingerprint density at radius 1 is 1.40 bits per heavy atom. The largest absolute Gasteiger partial charge is 0.399 e. The highest BCUT2D eigenvalue weighted by Gasteiger charge is 2.47. The second-order valence-corrected chi connectivity index (χ2v) is 5.19. The van der Waals surface area contributed by atoms with Crippen molar-refractivity contribution in [2.24, 2.45) is 4.99 Å². The zero-order chi connectivity index (χ0) is 14.3. The Labute approximate surface area is 115 Å². The van der Waals surface area contributed by atoms with E-state index in [-0.39, 0.29) is 6.04 Å². The van der Waals surface area contributed by atoms with Gasteiger partial charge in [-0.15, -0.1) is 0 Å². The summed E-state index contributed by atoms with van der Waals surface area (Å²) in [6.45, 7) is 1.59. The molecule has 2 amide bonds. The quantitative estimate of drug-likeness (QED) is 0.517. The van der Waals surface area contributed by atoms with E-state index in [1.165, 1.54) is 22.6 Å². The normalized spacial score (nSPS) is 27.8. The van der Waals surface area contributed by atoms with Crippen LogP contribution in [0.2, 0.25) is 0 Å². The summed E-state index contributed by atoms with van der Waals surface area (Å²) < 4.78 is 14.8. The molecular formula is C13H16FN4O2+. The molecule has 3 heterocycles. The maximum Gasteiger partial charge on any atom is 0.399 e. The Balaban J connectivity index is 2.07. The number of rotatable bonds is 1. The van der Waals surface area contributed by atoms with Crippen molar-refractivity contribution in [2.75, 3.05) is 20.1 Å². The van der Waals surface area contributed by atoms with Gasteiger partial charge >= 0.3 is 17.6 Å². The van der Waals surface area contributed by atoms with Crippen molar-refractivity contribution in [1.29, 1.82) is 0 Å². The highest BCUT2D eigenvalue weighted by Crippen LogP contribution is 2.20. The van der Waals surface area contributed by atoms with Crippen molar-refractivity contribution in [3.63, 3.8) is 0 Å². The Morgan fingerprint density at radius 3 is 2.80 bits per heavy atom. The number of amides is 2. The third kappa shape index (κ3) is 1.98. The molecule has 3 aliphatic rings. The monoisotopic (exact) mass is 279 g/mol. The van der Waals surface area contributed by atoms with E-state index in [9.17, 15) is 14.0 Å². The smallest absolute Gasteiger partial charge is 0.317 e. The van der Waals surface area contributed by atoms with Gasteiger partial charge in [0.15, 0.2) is 18.1 Å². The van der Waals surface area contributed by atoms with Crippen LogP contribution in [0, 0.1) is 0 Å². The number of fused-ring (bicyclic) bond motifs is 1. The Morgan fingerprint density at radius 2 is 2.10 bits per heavy atom. The fourth-order valence-electron chi connectivity index (χ4n) is 2.86. The number of nitrogens with one attached hydrogen (secondary N) is 1. The number of amidine groups is 1. The van der Waals surface area contributed by atoms with Crippen LogP contribution in [0.5, 0.6) is 0 Å². The van der Waals surface area contributed by atoms with Crippen molar-refractivity contribution in [2.45, 2.75) is 24.9 Å². The SMILES string of the molecule is CN1C(=O)C(=O)[N+](C2CCNCC2)=C2N=CC(F)=CC21. The topological polar surface area (TPSA) is 64.8 Å². The Hall–Kier alpha value is -1.89. The van der Waals surface area contributed by atoms with Gasteiger partial charge in [0.1, 0.15) is 6.04 Å². The lowest BCUT2D eigenvalue weighted by Crippen LogP contribution is -2.59. The fourth-order valence-corrected chi connectivity index (χ4v) is 2.86. The molecule has 0 aromatic carbocycles. The van der Waals surface area contributed by atoms with Crippen molar-refractivity contribution < 1.29 is 18.6 Å². The molecule has 3 aliphatic heterocycles. The molecule has 1 atom stereocenters. The van der Waals surface area contributed by atoms with Gasteiger partial charge in [-0.3, -0.25) is 4.79 Å². The standard InChI is InChI=1S/C13H16FN4O2/c1-17-10-6-8(14)7-16-11(10)18(13(20)12(17)19)9-2-4-15-5-3-9/h6-7,9-10,15H,2-5H2,1H3/q+1. The first-order valence-electron chi connectivity index (χ1n) is 6.69. The number of piperidine rings is 1. The van der Waals surface area contributed by atoms with Crippen LogP contribution in [0.3, 0.4) is 0 Å². The summed E-state index contributed by atoms with van der Waals surface area (Å²) in [5.74, 6) is -1.22. The van der Waals surface area contributed by atoms with E-state index >= 15 is 0 Å². The van der Waals surface area contributed by atoms with Gasteiger partial charge in [0.25, 0.3) is 0 Å². The molecule has 1 fully saturated rings. The number of aliphatic imine (C=N–C) groups is 1. The van der Waals surface area contributed by atoms with E-state index in [1.54, 1.807) is 0 Å². The number of allylic oxidation sites excluding steroid dienone is 1. The highest BCUT2D eigenvalue weighted by atomic mass is 19.1. The number of nitrogens with zero attached hydrogens (tertiary/aromatic N) is 3. The van der Waals surface area contributed by atoms with Crippen LogP contribution in [0.4, 0.5) is 4.39 Å². The molecule has 0 aromatic rings. The summed E-state index contributed by atoms with van der Waals surface area (Å²) >= 11 is 0. The van der Waals surface area contributed by atoms with Crippen LogP contribution in [0.15, 0.2) is 16.9 Å². The van der Waals surface area contributed by atoms with Gasteiger partial charge in [-0.25, -0.2) is 9.18 Å². The van der Waals surface area contributed by atoms with Crippen molar-refractivity contribution >= 4 is 23.9 Å². The van der Waals surface area contributed by atoms with E-state index in [1.807, 2.05) is 0 Å². The number of hydrogen-bond acceptors (Lipinski definition) is 4. The fraction of sp³-hybridized carbons (Fsp3) is 0.538. The number of likely N-dealkylation sites (N-methyl/N-ethyl adjacent to an activating group) is 1. The summed E-state index contributed by atoms with van der Waals surface area (Å²) in [7, 11) is 1.50. The van der Waals surface area contributed by atoms with E-state index in [2.05, 4.69) is 10.3 Å². The second kappa shape index (κ2) is 4.90. The van der Waals surface area contributed by atoms with Gasteiger partial charge in [0.2, 0.25) is 0 Å². The summed E-state index contributed by atoms with van der Waals surface area (Å²) in [6.07, 6.45) is 3.94. The number of hydrogen-bond donors (Lipinski definition) is 1. The second-order valence-electron chi connectivity index (χ2n) is 5.19. The van der Waals surface area contributed by atoms with E-state index < -0.39 is 23.7 Å². The lowest BCUT2D eigenvalue weighted by Gasteiger charge is -2.32. The van der Waals surface area contributed by atoms with Crippen molar-refractivity contribution in [3.05, 3.63) is 11.9 Å². The first-order chi connectivity index (χ1) is 9.59. The molecule has 1 saturated heterocycles. The first-order valence-corrected chi connectivity index (χ1v) is 6.69. The first kappa shape index (κ1) is 13.1. The van der Waals surface area contributed by atoms with Gasteiger partial charge in [-0.2, -0.15) is 4.58 Å². The maximum atomic E-state index is 13.4. The average molecular weight is 279 g/mol. The zero-order valence-electron chi connectivity index (χ0n) is 11.2. The molecule has 0 aliphatic carbocycles. The molecule has 7 heteroatoms. The minimum Gasteiger partial charge on any atom is -0.317 e. The Bertz CT molecular complexity index is 561. The molecule has 1 N–H and O–H groups in total. The van der Waals surface area contributed by atoms with Crippen molar-refractivity contribution in [3.8, 4) is 0 Å². The summed E-state index contributed by atoms with van der Waals surface area (Å²) in [6, 6.07) is -0.648. The molecule has 1 unspecified atom stereocenters. The number of dihydropyridines is 1. The van der Waals surface area contributed by atoms with E-state index in [0.29, 0.717) is 5.84 Å². The minimum atomic E-state index is -0.613. The summed E-state index contributed by atoms with van der Waals surface area (Å²) in [4.78, 5) is 29.6. The predicted molar refractivity (Wildman–Crippen MR) is 70.4 cm³/mol. The molecule has 0 radical (unpaired) electrons. The van der Waals surface area contributed by atoms with Crippen LogP contribution in [0.25, 0.3) is 0 Å². The molecule has 0 aromatic heterocycles. The molecule has 3 rings (SSSR count). The summed E-state index contributed by atoms with van der Waals surface area (Å²) in [5.41, 5.74) is 0. The van der Waals surface area contributed by atoms with E-state index in [0.717, 1.165) is 32.1 Å². The number of halogens is 1. The van der Waals surface area contributed by atoms with Gasteiger partial charge in [-0.1, -0.05) is 0 Å². The Kier molecular flexibility index (Phi) is 3.21. The lowest BCUT2D eigenvalue weighted by atomic mass is 10.0. The zero-order valence-corrected chi connectivity index (χ0v) is 11.2. The highest BCUT2D eigenvalue weighted by molar-refractivity contribution is 6.34. The van der Waals surface area contributed by atoms with Crippen LogP contribution in [-0.4, -0.2) is 65.6 Å². The summed E-state index contributed by atoms with van der Waals surface area (Å²) in [5, 5.41) is 3.21. The molecule has 106 valence electrons. The molecule has 0 saturated carbocycles. The predicted octanol–water partition coefficient (Wildman–Crippen LogP) is -0.546. The molecular weight excluding hydrogens is 263 g/mol. The number of carbonyl (C=O) groups excluding carboxylic acids is 2. The van der Waals surface area contributed by atoms with Gasteiger partial charge in [-0.05, 0) is 24.2 Å². The van der Waals surface area contributed by atoms with Crippen LogP contribution < -0.4 is 5.32 Å². The molecule has 0 bridgehead atoms. The lowest BCUT2D eigenvalue weighted by molar-refractivity contribution is -0.492. The third-order valence-corrected chi connectivity index (χ3v) is 3.96. The number of carbonyl (C=O) groups is 2. The average Bonchev–Trinajstić information content (AvgIpc) is 2.47. The van der Waals surface area contributed by atoms with Gasteiger partial charge < -0.3 is 10.2 Å². The van der Waals surface area contributed by atoms with Crippen molar-refractivity contribution in [1.82, 2.24) is 10.2 Å². The maximum absolute atomic E-state index is 13.4. The van der Waals surface area contributed by atoms with Crippen LogP contribution >= 0.6 is 0 Å². The molecule has 6 nitrogen and oxygen atoms in total. The minimum absolute atomic E-state index is 0.0504.